The lowest BCUT2D eigenvalue weighted by molar-refractivity contribution is -0.142. The summed E-state index contributed by atoms with van der Waals surface area (Å²) in [4.78, 5) is 22.9. The van der Waals surface area contributed by atoms with Crippen LogP contribution in [0.3, 0.4) is 0 Å². The van der Waals surface area contributed by atoms with E-state index in [-0.39, 0.29) is 5.88 Å². The highest BCUT2D eigenvalue weighted by Crippen LogP contribution is 2.22. The second-order valence-corrected chi connectivity index (χ2v) is 4.67. The summed E-state index contributed by atoms with van der Waals surface area (Å²) in [5, 5.41) is 5.60. The number of nitrogens with one attached hydrogen (secondary N) is 2. The molecule has 1 aromatic rings. The van der Waals surface area contributed by atoms with E-state index >= 15 is 0 Å². The SMILES string of the molecule is COC(=O)[C@H](CCl)NC(=O)Nc1cc(Cl)cc(Cl)c1. The zero-order valence-electron chi connectivity index (χ0n) is 9.88. The molecule has 2 N–H and O–H groups in total. The standard InChI is InChI=1S/C11H11Cl3N2O3/c1-19-10(17)9(5-12)16-11(18)15-8-3-6(13)2-7(14)4-8/h2-4,9H,5H2,1H3,(H2,15,16,18)/t9-/m0/s1. The quantitative estimate of drug-likeness (QED) is 0.661. The van der Waals surface area contributed by atoms with Gasteiger partial charge in [-0.1, -0.05) is 23.2 Å². The summed E-state index contributed by atoms with van der Waals surface area (Å²) in [7, 11) is 1.21. The third kappa shape index (κ3) is 5.14. The number of hydrogen-bond acceptors (Lipinski definition) is 3. The molecule has 8 heteroatoms. The van der Waals surface area contributed by atoms with Crippen LogP contribution in [0.1, 0.15) is 0 Å². The van der Waals surface area contributed by atoms with E-state index in [1.165, 1.54) is 25.3 Å². The number of halogens is 3. The monoisotopic (exact) mass is 324 g/mol. The second-order valence-electron chi connectivity index (χ2n) is 3.49. The van der Waals surface area contributed by atoms with E-state index < -0.39 is 18.0 Å². The maximum atomic E-state index is 11.6. The largest absolute Gasteiger partial charge is 0.467 e. The van der Waals surface area contributed by atoms with E-state index in [1.54, 1.807) is 0 Å². The Kier molecular flexibility index (Phi) is 6.21. The molecule has 104 valence electrons. The minimum absolute atomic E-state index is 0.101. The highest BCUT2D eigenvalue weighted by molar-refractivity contribution is 6.35. The van der Waals surface area contributed by atoms with Crippen LogP contribution in [-0.2, 0) is 9.53 Å². The normalized spacial score (nSPS) is 11.6. The molecule has 1 rings (SSSR count). The first-order chi connectivity index (χ1) is 8.96. The third-order valence-corrected chi connectivity index (χ3v) is 2.81. The van der Waals surface area contributed by atoms with Crippen molar-refractivity contribution in [1.82, 2.24) is 5.32 Å². The highest BCUT2D eigenvalue weighted by Gasteiger charge is 2.20. The van der Waals surface area contributed by atoms with Crippen LogP contribution in [-0.4, -0.2) is 31.0 Å². The molecule has 0 aliphatic rings. The van der Waals surface area contributed by atoms with Gasteiger partial charge in [-0.3, -0.25) is 0 Å². The van der Waals surface area contributed by atoms with E-state index in [2.05, 4.69) is 15.4 Å². The first-order valence-electron chi connectivity index (χ1n) is 5.13. The van der Waals surface area contributed by atoms with E-state index in [0.29, 0.717) is 15.7 Å². The van der Waals surface area contributed by atoms with Crippen molar-refractivity contribution in [1.29, 1.82) is 0 Å². The molecule has 2 amide bonds. The van der Waals surface area contributed by atoms with Crippen LogP contribution in [0.25, 0.3) is 0 Å². The Balaban J connectivity index is 2.66. The summed E-state index contributed by atoms with van der Waals surface area (Å²) in [6.07, 6.45) is 0. The molecule has 0 aromatic heterocycles. The van der Waals surface area contributed by atoms with Crippen molar-refractivity contribution in [2.24, 2.45) is 0 Å². The van der Waals surface area contributed by atoms with E-state index in [0.717, 1.165) is 0 Å². The molecule has 0 saturated carbocycles. The third-order valence-electron chi connectivity index (χ3n) is 2.07. The van der Waals surface area contributed by atoms with Crippen LogP contribution in [0.2, 0.25) is 10.0 Å². The van der Waals surface area contributed by atoms with Crippen LogP contribution in [0.15, 0.2) is 18.2 Å². The van der Waals surface area contributed by atoms with Gasteiger partial charge in [0, 0.05) is 15.7 Å². The van der Waals surface area contributed by atoms with Gasteiger partial charge in [0.05, 0.1) is 13.0 Å². The van der Waals surface area contributed by atoms with Crippen molar-refractivity contribution in [2.45, 2.75) is 6.04 Å². The molecule has 0 bridgehead atoms. The van der Waals surface area contributed by atoms with Crippen LogP contribution in [0.5, 0.6) is 0 Å². The number of rotatable bonds is 4. The average Bonchev–Trinajstić information content (AvgIpc) is 2.33. The average molecular weight is 326 g/mol. The van der Waals surface area contributed by atoms with Gasteiger partial charge in [-0.15, -0.1) is 11.6 Å². The molecule has 0 fully saturated rings. The lowest BCUT2D eigenvalue weighted by atomic mass is 10.3. The Morgan fingerprint density at radius 1 is 1.26 bits per heavy atom. The minimum atomic E-state index is -0.929. The van der Waals surface area contributed by atoms with Crippen LogP contribution < -0.4 is 10.6 Å². The maximum absolute atomic E-state index is 11.6. The Morgan fingerprint density at radius 3 is 2.32 bits per heavy atom. The zero-order chi connectivity index (χ0) is 14.4. The van der Waals surface area contributed by atoms with Gasteiger partial charge in [0.25, 0.3) is 0 Å². The summed E-state index contributed by atoms with van der Waals surface area (Å²) in [5.41, 5.74) is 0.396. The molecule has 1 aromatic carbocycles. The number of alkyl halides is 1. The molecule has 5 nitrogen and oxygen atoms in total. The fraction of sp³-hybridized carbons (Fsp3) is 0.273. The summed E-state index contributed by atoms with van der Waals surface area (Å²) < 4.78 is 4.48. The van der Waals surface area contributed by atoms with Crippen molar-refractivity contribution < 1.29 is 14.3 Å². The lowest BCUT2D eigenvalue weighted by Gasteiger charge is -2.14. The Hall–Kier alpha value is -1.17. The van der Waals surface area contributed by atoms with Gasteiger partial charge in [0.15, 0.2) is 0 Å². The predicted octanol–water partition coefficient (Wildman–Crippen LogP) is 2.90. The highest BCUT2D eigenvalue weighted by atomic mass is 35.5. The number of anilines is 1. The fourth-order valence-corrected chi connectivity index (χ4v) is 1.98. The van der Waals surface area contributed by atoms with Crippen LogP contribution >= 0.6 is 34.8 Å². The number of benzene rings is 1. The number of carbonyl (C=O) groups excluding carboxylic acids is 2. The van der Waals surface area contributed by atoms with E-state index in [1.807, 2.05) is 0 Å². The number of esters is 1. The summed E-state index contributed by atoms with van der Waals surface area (Å²) in [5.74, 6) is -0.731. The van der Waals surface area contributed by atoms with Crippen molar-refractivity contribution in [2.75, 3.05) is 18.3 Å². The number of ether oxygens (including phenoxy) is 1. The minimum Gasteiger partial charge on any atom is -0.467 e. The number of carbonyl (C=O) groups is 2. The molecule has 0 saturated heterocycles. The van der Waals surface area contributed by atoms with Gasteiger partial charge in [0.2, 0.25) is 0 Å². The first-order valence-corrected chi connectivity index (χ1v) is 6.42. The summed E-state index contributed by atoms with van der Waals surface area (Å²) >= 11 is 17.1. The molecular weight excluding hydrogens is 314 g/mol. The molecule has 0 radical (unpaired) electrons. The van der Waals surface area contributed by atoms with Gasteiger partial charge < -0.3 is 15.4 Å². The maximum Gasteiger partial charge on any atom is 0.329 e. The fourth-order valence-electron chi connectivity index (χ4n) is 1.25. The van der Waals surface area contributed by atoms with Gasteiger partial charge in [-0.2, -0.15) is 0 Å². The predicted molar refractivity (Wildman–Crippen MR) is 75.1 cm³/mol. The van der Waals surface area contributed by atoms with Crippen LogP contribution in [0.4, 0.5) is 10.5 Å². The molecule has 0 aliphatic heterocycles. The molecule has 19 heavy (non-hydrogen) atoms. The van der Waals surface area contributed by atoms with Crippen molar-refractivity contribution in [3.8, 4) is 0 Å². The van der Waals surface area contributed by atoms with Crippen molar-refractivity contribution in [3.63, 3.8) is 0 Å². The topological polar surface area (TPSA) is 67.4 Å². The smallest absolute Gasteiger partial charge is 0.329 e. The van der Waals surface area contributed by atoms with E-state index in [4.69, 9.17) is 34.8 Å². The molecule has 1 atom stereocenters. The Bertz CT molecular complexity index is 462. The molecule has 0 heterocycles. The number of methoxy groups -OCH3 is 1. The number of amides is 2. The van der Waals surface area contributed by atoms with Gasteiger partial charge >= 0.3 is 12.0 Å². The Labute approximate surface area is 125 Å². The Morgan fingerprint density at radius 2 is 1.84 bits per heavy atom. The van der Waals surface area contributed by atoms with E-state index in [9.17, 15) is 9.59 Å². The molecule has 0 spiro atoms. The second kappa shape index (κ2) is 7.43. The van der Waals surface area contributed by atoms with Gasteiger partial charge in [0.1, 0.15) is 6.04 Å². The number of hydrogen-bond donors (Lipinski definition) is 2. The van der Waals surface area contributed by atoms with Crippen molar-refractivity contribution in [3.05, 3.63) is 28.2 Å². The summed E-state index contributed by atoms with van der Waals surface area (Å²) in [6, 6.07) is 3.01. The molecule has 0 unspecified atom stereocenters. The van der Waals surface area contributed by atoms with Gasteiger partial charge in [-0.05, 0) is 18.2 Å². The van der Waals surface area contributed by atoms with Crippen LogP contribution in [0, 0.1) is 0 Å². The van der Waals surface area contributed by atoms with Crippen molar-refractivity contribution >= 4 is 52.5 Å². The zero-order valence-corrected chi connectivity index (χ0v) is 12.1. The summed E-state index contributed by atoms with van der Waals surface area (Å²) in [6.45, 7) is 0. The lowest BCUT2D eigenvalue weighted by Crippen LogP contribution is -2.44. The number of urea groups is 1. The van der Waals surface area contributed by atoms with Gasteiger partial charge in [-0.25, -0.2) is 9.59 Å². The molecule has 0 aliphatic carbocycles. The first kappa shape index (κ1) is 15.9. The molecular formula is C11H11Cl3N2O3.